The first-order valence-electron chi connectivity index (χ1n) is 11.3. The van der Waals surface area contributed by atoms with Gasteiger partial charge >= 0.3 is 24.3 Å². The summed E-state index contributed by atoms with van der Waals surface area (Å²) in [6, 6.07) is 11.5. The van der Waals surface area contributed by atoms with Crippen LogP contribution >= 0.6 is 0 Å². The average Bonchev–Trinajstić information content (AvgIpc) is 3.32. The van der Waals surface area contributed by atoms with Crippen molar-refractivity contribution in [2.45, 2.75) is 25.2 Å². The number of carboxylic acids is 2. The molecule has 40 heavy (non-hydrogen) atoms. The molecule has 1 aromatic carbocycles. The van der Waals surface area contributed by atoms with Gasteiger partial charge < -0.3 is 30.9 Å². The van der Waals surface area contributed by atoms with Gasteiger partial charge in [0.25, 0.3) is 0 Å². The molecule has 0 spiro atoms. The Balaban J connectivity index is 0.000000333. The number of anilines is 2. The molecular formula is C23H22F6N6O5. The molecule has 5 N–H and O–H groups in total. The van der Waals surface area contributed by atoms with Crippen molar-refractivity contribution in [2.75, 3.05) is 30.3 Å². The van der Waals surface area contributed by atoms with Crippen LogP contribution in [0.15, 0.2) is 42.4 Å². The maximum absolute atomic E-state index is 10.6. The summed E-state index contributed by atoms with van der Waals surface area (Å²) in [7, 11) is 0. The number of ether oxygens (including phenoxy) is 1. The summed E-state index contributed by atoms with van der Waals surface area (Å²) in [6.45, 7) is 2.95. The maximum atomic E-state index is 10.6. The molecule has 0 bridgehead atoms. The third-order valence-corrected chi connectivity index (χ3v) is 5.09. The van der Waals surface area contributed by atoms with Crippen LogP contribution in [0.1, 0.15) is 18.5 Å². The number of alkyl halides is 6. The highest BCUT2D eigenvalue weighted by molar-refractivity contribution is 5.81. The highest BCUT2D eigenvalue weighted by atomic mass is 19.4. The van der Waals surface area contributed by atoms with Crippen LogP contribution in [-0.4, -0.2) is 64.1 Å². The van der Waals surface area contributed by atoms with Crippen molar-refractivity contribution in [1.29, 1.82) is 5.26 Å². The Morgan fingerprint density at radius 2 is 1.62 bits per heavy atom. The molecule has 0 amide bonds. The fourth-order valence-electron chi connectivity index (χ4n) is 3.16. The van der Waals surface area contributed by atoms with E-state index in [1.165, 1.54) is 0 Å². The quantitative estimate of drug-likeness (QED) is 0.265. The van der Waals surface area contributed by atoms with Gasteiger partial charge in [-0.25, -0.2) is 19.6 Å². The van der Waals surface area contributed by atoms with E-state index in [9.17, 15) is 31.6 Å². The average molecular weight is 576 g/mol. The number of hydrogen-bond donors (Lipinski definition) is 5. The summed E-state index contributed by atoms with van der Waals surface area (Å²) >= 11 is 0. The Morgan fingerprint density at radius 3 is 2.15 bits per heavy atom. The monoisotopic (exact) mass is 576 g/mol. The molecule has 0 atom stereocenters. The number of para-hydroxylation sites is 2. The molecule has 216 valence electrons. The van der Waals surface area contributed by atoms with Crippen LogP contribution < -0.4 is 20.7 Å². The molecule has 2 aromatic rings. The third kappa shape index (κ3) is 9.94. The van der Waals surface area contributed by atoms with Crippen molar-refractivity contribution in [1.82, 2.24) is 15.3 Å². The fourth-order valence-corrected chi connectivity index (χ4v) is 3.16. The van der Waals surface area contributed by atoms with Gasteiger partial charge in [-0.15, -0.1) is 0 Å². The maximum Gasteiger partial charge on any atom is 0.490 e. The minimum atomic E-state index is -5.08. The van der Waals surface area contributed by atoms with Crippen LogP contribution in [0.4, 0.5) is 38.0 Å². The van der Waals surface area contributed by atoms with Crippen LogP contribution in [0.25, 0.3) is 5.57 Å². The number of carbonyl (C=O) groups is 2. The van der Waals surface area contributed by atoms with E-state index in [0.29, 0.717) is 34.8 Å². The van der Waals surface area contributed by atoms with Gasteiger partial charge in [-0.3, -0.25) is 0 Å². The van der Waals surface area contributed by atoms with E-state index in [1.807, 2.05) is 24.3 Å². The van der Waals surface area contributed by atoms with E-state index in [4.69, 9.17) is 24.5 Å². The van der Waals surface area contributed by atoms with Crippen molar-refractivity contribution in [2.24, 2.45) is 5.92 Å². The second-order valence-electron chi connectivity index (χ2n) is 7.98. The van der Waals surface area contributed by atoms with Crippen LogP contribution in [-0.2, 0) is 9.59 Å². The lowest BCUT2D eigenvalue weighted by molar-refractivity contribution is -0.193. The van der Waals surface area contributed by atoms with Crippen LogP contribution in [0.5, 0.6) is 5.75 Å². The third-order valence-electron chi connectivity index (χ3n) is 5.09. The molecule has 1 saturated heterocycles. The summed E-state index contributed by atoms with van der Waals surface area (Å²) < 4.78 is 69.2. The highest BCUT2D eigenvalue weighted by Crippen LogP contribution is 2.35. The largest absolute Gasteiger partial charge is 0.490 e. The first-order valence-corrected chi connectivity index (χ1v) is 11.3. The van der Waals surface area contributed by atoms with Gasteiger partial charge in [-0.1, -0.05) is 12.1 Å². The number of halogens is 6. The summed E-state index contributed by atoms with van der Waals surface area (Å²) in [4.78, 5) is 26.6. The number of nitriles is 1. The Labute approximate surface area is 222 Å². The summed E-state index contributed by atoms with van der Waals surface area (Å²) in [5.74, 6) is -3.26. The lowest BCUT2D eigenvalue weighted by Crippen LogP contribution is -2.31. The van der Waals surface area contributed by atoms with Crippen LogP contribution in [0.2, 0.25) is 0 Å². The van der Waals surface area contributed by atoms with Gasteiger partial charge in [0.1, 0.15) is 11.6 Å². The number of rotatable bonds is 4. The Morgan fingerprint density at radius 1 is 1.05 bits per heavy atom. The SMILES string of the molecule is N#CC(=C1Nc2ccccc2O1)c1ccnc(NCC2CCNCC2)n1.O=C(O)C(F)(F)F.O=C(O)C(F)(F)F. The zero-order valence-electron chi connectivity index (χ0n) is 20.3. The minimum absolute atomic E-state index is 0.355. The topological polar surface area (TPSA) is 169 Å². The number of allylic oxidation sites excluding steroid dienone is 1. The lowest BCUT2D eigenvalue weighted by atomic mass is 9.98. The number of nitrogens with one attached hydrogen (secondary N) is 3. The van der Waals surface area contributed by atoms with Gasteiger partial charge in [-0.2, -0.15) is 31.6 Å². The second kappa shape index (κ2) is 14.0. The van der Waals surface area contributed by atoms with E-state index >= 15 is 0 Å². The number of fused-ring (bicyclic) bond motifs is 1. The van der Waals surface area contributed by atoms with Gasteiger partial charge in [-0.05, 0) is 50.0 Å². The van der Waals surface area contributed by atoms with E-state index in [-0.39, 0.29) is 0 Å². The smallest absolute Gasteiger partial charge is 0.475 e. The summed E-state index contributed by atoms with van der Waals surface area (Å²) in [6.07, 6.45) is -6.21. The standard InChI is InChI=1S/C19H20N6O.2C2HF3O2/c20-11-14(18-24-16-3-1-2-4-17(16)26-18)15-7-10-22-19(25-15)23-12-13-5-8-21-9-6-13;2*3-2(4,5)1(6)7/h1-4,7,10,13,21,24H,5-6,8-9,12H2,(H,22,23,25);2*(H,6,7). The Bertz CT molecular complexity index is 1200. The van der Waals surface area contributed by atoms with E-state index in [2.05, 4.69) is 32.0 Å². The zero-order valence-corrected chi connectivity index (χ0v) is 20.3. The fraction of sp³-hybridized carbons (Fsp3) is 0.348. The molecule has 3 heterocycles. The molecule has 0 aliphatic carbocycles. The van der Waals surface area contributed by atoms with Crippen molar-refractivity contribution < 1.29 is 50.9 Å². The molecule has 2 aliphatic rings. The molecule has 0 saturated carbocycles. The lowest BCUT2D eigenvalue weighted by Gasteiger charge is -2.22. The molecule has 1 aromatic heterocycles. The first-order chi connectivity index (χ1) is 18.7. The number of aromatic nitrogens is 2. The summed E-state index contributed by atoms with van der Waals surface area (Å²) in [5.41, 5.74) is 1.73. The van der Waals surface area contributed by atoms with E-state index < -0.39 is 24.3 Å². The molecule has 4 rings (SSSR count). The predicted molar refractivity (Wildman–Crippen MR) is 127 cm³/mol. The van der Waals surface area contributed by atoms with Crippen molar-refractivity contribution in [3.05, 3.63) is 48.1 Å². The van der Waals surface area contributed by atoms with Crippen LogP contribution in [0, 0.1) is 17.2 Å². The normalized spacial score (nSPS) is 15.8. The predicted octanol–water partition coefficient (Wildman–Crippen LogP) is 3.85. The van der Waals surface area contributed by atoms with E-state index in [1.54, 1.807) is 12.3 Å². The van der Waals surface area contributed by atoms with Gasteiger partial charge in [0.15, 0.2) is 5.75 Å². The summed E-state index contributed by atoms with van der Waals surface area (Å²) in [5, 5.41) is 33.7. The minimum Gasteiger partial charge on any atom is -0.475 e. The molecule has 0 unspecified atom stereocenters. The number of aliphatic carboxylic acids is 2. The van der Waals surface area contributed by atoms with E-state index in [0.717, 1.165) is 38.2 Å². The first kappa shape index (κ1) is 31.6. The number of nitrogens with zero attached hydrogens (tertiary/aromatic N) is 3. The number of hydrogen-bond acceptors (Lipinski definition) is 9. The van der Waals surface area contributed by atoms with Gasteiger partial charge in [0.05, 0.1) is 11.4 Å². The van der Waals surface area contributed by atoms with Crippen molar-refractivity contribution in [3.63, 3.8) is 0 Å². The molecule has 11 nitrogen and oxygen atoms in total. The Hall–Kier alpha value is -4.59. The number of carboxylic acid groups (broad SMARTS) is 2. The van der Waals surface area contributed by atoms with Gasteiger partial charge in [0.2, 0.25) is 11.8 Å². The highest BCUT2D eigenvalue weighted by Gasteiger charge is 2.38. The zero-order chi connectivity index (χ0) is 29.9. The number of benzene rings is 1. The second-order valence-corrected chi connectivity index (χ2v) is 7.98. The molecule has 0 radical (unpaired) electrons. The van der Waals surface area contributed by atoms with Gasteiger partial charge in [0, 0.05) is 12.7 Å². The molecule has 2 aliphatic heterocycles. The van der Waals surface area contributed by atoms with Crippen LogP contribution in [0.3, 0.4) is 0 Å². The van der Waals surface area contributed by atoms with Crippen molar-refractivity contribution >= 4 is 29.1 Å². The molecule has 17 heteroatoms. The molecule has 1 fully saturated rings. The number of piperidine rings is 1. The van der Waals surface area contributed by atoms with Crippen molar-refractivity contribution in [3.8, 4) is 11.8 Å². The molecular weight excluding hydrogens is 554 g/mol. The Kier molecular flexibility index (Phi) is 11.1.